The minimum atomic E-state index is -1.05. The fourth-order valence-corrected chi connectivity index (χ4v) is 1.18. The van der Waals surface area contributed by atoms with Gasteiger partial charge in [-0.2, -0.15) is 0 Å². The molecule has 0 bridgehead atoms. The van der Waals surface area contributed by atoms with Crippen LogP contribution in [0.3, 0.4) is 0 Å². The monoisotopic (exact) mass is 165 g/mol. The van der Waals surface area contributed by atoms with Crippen LogP contribution in [0.4, 0.5) is 0 Å². The second-order valence-electron chi connectivity index (χ2n) is 2.95. The number of hydrogen-bond acceptors (Lipinski definition) is 2. The molecule has 2 unspecified atom stereocenters. The van der Waals surface area contributed by atoms with E-state index < -0.39 is 16.6 Å². The zero-order valence-electron chi connectivity index (χ0n) is 6.84. The van der Waals surface area contributed by atoms with Gasteiger partial charge in [-0.15, -0.1) is 0 Å². The van der Waals surface area contributed by atoms with Crippen molar-refractivity contribution >= 4 is 11.0 Å². The van der Waals surface area contributed by atoms with Gasteiger partial charge in [-0.1, -0.05) is 0 Å². The van der Waals surface area contributed by atoms with Crippen LogP contribution < -0.4 is 4.72 Å². The third kappa shape index (κ3) is 3.98. The summed E-state index contributed by atoms with van der Waals surface area (Å²) in [6.45, 7) is 5.15. The van der Waals surface area contributed by atoms with E-state index in [-0.39, 0.29) is 6.04 Å². The lowest BCUT2D eigenvalue weighted by molar-refractivity contribution is 0.0530. The minimum absolute atomic E-state index is 0.154. The lowest BCUT2D eigenvalue weighted by atomic mass is 10.0. The maximum atomic E-state index is 10.6. The van der Waals surface area contributed by atoms with Crippen molar-refractivity contribution in [2.45, 2.75) is 32.4 Å². The molecule has 0 aliphatic carbocycles. The molecule has 0 fully saturated rings. The van der Waals surface area contributed by atoms with Crippen LogP contribution in [-0.2, 0) is 11.0 Å². The number of aliphatic hydroxyl groups is 1. The molecule has 62 valence electrons. The zero-order chi connectivity index (χ0) is 8.36. The van der Waals surface area contributed by atoms with Crippen molar-refractivity contribution in [2.75, 3.05) is 6.26 Å². The van der Waals surface area contributed by atoms with Crippen molar-refractivity contribution in [1.82, 2.24) is 4.72 Å². The summed E-state index contributed by atoms with van der Waals surface area (Å²) in [4.78, 5) is 0. The van der Waals surface area contributed by atoms with Crippen LogP contribution in [0.25, 0.3) is 0 Å². The minimum Gasteiger partial charge on any atom is -0.389 e. The first-order valence-electron chi connectivity index (χ1n) is 3.16. The van der Waals surface area contributed by atoms with E-state index >= 15 is 0 Å². The lowest BCUT2D eigenvalue weighted by Crippen LogP contribution is -2.44. The predicted octanol–water partition coefficient (Wildman–Crippen LogP) is 0.0289. The molecule has 0 spiro atoms. The molecule has 0 amide bonds. The standard InChI is InChI=1S/C6H15NO2S/c1-5(6(2,3)8)7-10(4)9/h5,7-8H,1-4H3. The number of hydrogen-bond donors (Lipinski definition) is 2. The van der Waals surface area contributed by atoms with Gasteiger partial charge in [-0.05, 0) is 20.8 Å². The fraction of sp³-hybridized carbons (Fsp3) is 1.00. The Balaban J connectivity index is 3.85. The predicted molar refractivity (Wildman–Crippen MR) is 43.0 cm³/mol. The second kappa shape index (κ2) is 3.46. The van der Waals surface area contributed by atoms with E-state index in [4.69, 9.17) is 0 Å². The lowest BCUT2D eigenvalue weighted by Gasteiger charge is -2.25. The smallest absolute Gasteiger partial charge is 0.0887 e. The topological polar surface area (TPSA) is 49.3 Å². The van der Waals surface area contributed by atoms with Gasteiger partial charge in [0.1, 0.15) is 0 Å². The fourth-order valence-electron chi connectivity index (χ4n) is 0.393. The van der Waals surface area contributed by atoms with E-state index in [0.717, 1.165) is 0 Å². The summed E-state index contributed by atoms with van der Waals surface area (Å²) < 4.78 is 13.3. The van der Waals surface area contributed by atoms with Gasteiger partial charge in [0.15, 0.2) is 0 Å². The van der Waals surface area contributed by atoms with Gasteiger partial charge in [0, 0.05) is 12.3 Å². The second-order valence-corrected chi connectivity index (χ2v) is 4.09. The Morgan fingerprint density at radius 1 is 1.60 bits per heavy atom. The molecule has 0 saturated carbocycles. The molecule has 0 aromatic rings. The summed E-state index contributed by atoms with van der Waals surface area (Å²) in [5, 5.41) is 9.34. The van der Waals surface area contributed by atoms with E-state index in [9.17, 15) is 9.32 Å². The van der Waals surface area contributed by atoms with Crippen molar-refractivity contribution in [3.63, 3.8) is 0 Å². The van der Waals surface area contributed by atoms with Crippen LogP contribution in [0.2, 0.25) is 0 Å². The quantitative estimate of drug-likeness (QED) is 0.620. The molecule has 0 aromatic carbocycles. The van der Waals surface area contributed by atoms with Crippen LogP contribution in [0.1, 0.15) is 20.8 Å². The van der Waals surface area contributed by atoms with E-state index in [1.807, 2.05) is 0 Å². The van der Waals surface area contributed by atoms with Crippen molar-refractivity contribution < 1.29 is 9.32 Å². The molecule has 0 radical (unpaired) electrons. The zero-order valence-corrected chi connectivity index (χ0v) is 7.66. The Morgan fingerprint density at radius 3 is 2.10 bits per heavy atom. The number of nitrogens with one attached hydrogen (secondary N) is 1. The van der Waals surface area contributed by atoms with Crippen LogP contribution in [-0.4, -0.2) is 27.2 Å². The Bertz CT molecular complexity index is 130. The Kier molecular flexibility index (Phi) is 3.48. The summed E-state index contributed by atoms with van der Waals surface area (Å²) in [5.41, 5.74) is -0.814. The molecule has 0 heterocycles. The average molecular weight is 165 g/mol. The summed E-state index contributed by atoms with van der Waals surface area (Å²) in [6.07, 6.45) is 1.54. The third-order valence-corrected chi connectivity index (χ3v) is 2.09. The van der Waals surface area contributed by atoms with Crippen LogP contribution >= 0.6 is 0 Å². The summed E-state index contributed by atoms with van der Waals surface area (Å²) >= 11 is 0. The van der Waals surface area contributed by atoms with Gasteiger partial charge in [0.05, 0.1) is 16.6 Å². The molecule has 4 heteroatoms. The van der Waals surface area contributed by atoms with Crippen molar-refractivity contribution in [2.24, 2.45) is 0 Å². The van der Waals surface area contributed by atoms with Crippen LogP contribution in [0.15, 0.2) is 0 Å². The Morgan fingerprint density at radius 2 is 2.00 bits per heavy atom. The maximum Gasteiger partial charge on any atom is 0.0887 e. The van der Waals surface area contributed by atoms with Crippen molar-refractivity contribution in [3.8, 4) is 0 Å². The average Bonchev–Trinajstić information content (AvgIpc) is 1.60. The highest BCUT2D eigenvalue weighted by atomic mass is 32.2. The van der Waals surface area contributed by atoms with E-state index in [2.05, 4.69) is 4.72 Å². The van der Waals surface area contributed by atoms with Crippen molar-refractivity contribution in [3.05, 3.63) is 0 Å². The first-order valence-corrected chi connectivity index (χ1v) is 4.72. The van der Waals surface area contributed by atoms with Gasteiger partial charge >= 0.3 is 0 Å². The first-order chi connectivity index (χ1) is 4.34. The molecular weight excluding hydrogens is 150 g/mol. The molecule has 2 atom stereocenters. The molecule has 10 heavy (non-hydrogen) atoms. The van der Waals surface area contributed by atoms with E-state index in [1.165, 1.54) is 0 Å². The molecule has 0 aliphatic heterocycles. The van der Waals surface area contributed by atoms with Gasteiger partial charge in [-0.25, -0.2) is 8.93 Å². The number of rotatable bonds is 3. The molecule has 0 aromatic heterocycles. The van der Waals surface area contributed by atoms with Gasteiger partial charge < -0.3 is 5.11 Å². The van der Waals surface area contributed by atoms with Gasteiger partial charge in [0.25, 0.3) is 0 Å². The summed E-state index contributed by atoms with van der Waals surface area (Å²) in [6, 6.07) is -0.154. The SMILES string of the molecule is CC(NS(C)=O)C(C)(C)O. The van der Waals surface area contributed by atoms with Gasteiger partial charge in [0.2, 0.25) is 0 Å². The van der Waals surface area contributed by atoms with Crippen LogP contribution in [0, 0.1) is 0 Å². The maximum absolute atomic E-state index is 10.6. The Hall–Kier alpha value is 0.0700. The third-order valence-electron chi connectivity index (χ3n) is 1.40. The molecule has 0 rings (SSSR count). The summed E-state index contributed by atoms with van der Waals surface area (Å²) in [5.74, 6) is 0. The molecular formula is C6H15NO2S. The molecule has 2 N–H and O–H groups in total. The Labute approximate surface area is 64.4 Å². The summed E-state index contributed by atoms with van der Waals surface area (Å²) in [7, 11) is -1.05. The van der Waals surface area contributed by atoms with Gasteiger partial charge in [-0.3, -0.25) is 0 Å². The van der Waals surface area contributed by atoms with Crippen molar-refractivity contribution in [1.29, 1.82) is 0 Å². The molecule has 3 nitrogen and oxygen atoms in total. The highest BCUT2D eigenvalue weighted by molar-refractivity contribution is 7.82. The largest absolute Gasteiger partial charge is 0.389 e. The molecule has 0 saturated heterocycles. The highest BCUT2D eigenvalue weighted by Gasteiger charge is 2.22. The highest BCUT2D eigenvalue weighted by Crippen LogP contribution is 2.06. The normalized spacial score (nSPS) is 18.5. The van der Waals surface area contributed by atoms with E-state index in [0.29, 0.717) is 0 Å². The molecule has 0 aliphatic rings. The van der Waals surface area contributed by atoms with E-state index in [1.54, 1.807) is 27.0 Å². The van der Waals surface area contributed by atoms with Crippen LogP contribution in [0.5, 0.6) is 0 Å². The first kappa shape index (κ1) is 10.1.